The van der Waals surface area contributed by atoms with Crippen molar-refractivity contribution in [2.45, 2.75) is 38.5 Å². The average molecular weight is 436 g/mol. The minimum atomic E-state index is -0.969. The van der Waals surface area contributed by atoms with Crippen LogP contribution in [0.25, 0.3) is 0 Å². The number of nitrogens with one attached hydrogen (secondary N) is 1. The number of carboxylic acids is 1. The quantitative estimate of drug-likeness (QED) is 0.658. The molecule has 2 aliphatic rings. The van der Waals surface area contributed by atoms with Gasteiger partial charge in [-0.1, -0.05) is 24.6 Å². The second-order valence-electron chi connectivity index (χ2n) is 8.98. The van der Waals surface area contributed by atoms with Crippen LogP contribution in [0.15, 0.2) is 48.5 Å². The summed E-state index contributed by atoms with van der Waals surface area (Å²) in [7, 11) is 0. The number of piperidine rings is 2. The number of rotatable bonds is 7. The normalized spacial score (nSPS) is 17.8. The molecule has 2 N–H and O–H groups in total. The van der Waals surface area contributed by atoms with E-state index in [4.69, 9.17) is 0 Å². The Balaban J connectivity index is 1.36. The van der Waals surface area contributed by atoms with Crippen LogP contribution in [0, 0.1) is 5.92 Å². The van der Waals surface area contributed by atoms with Crippen molar-refractivity contribution < 1.29 is 14.7 Å². The Hall–Kier alpha value is -2.86. The number of amides is 1. The van der Waals surface area contributed by atoms with Gasteiger partial charge in [-0.25, -0.2) is 4.79 Å². The van der Waals surface area contributed by atoms with Gasteiger partial charge in [-0.15, -0.1) is 0 Å². The highest BCUT2D eigenvalue weighted by molar-refractivity contribution is 6.05. The number of hydrogen-bond donors (Lipinski definition) is 2. The Bertz CT molecular complexity index is 917. The van der Waals surface area contributed by atoms with E-state index in [0.29, 0.717) is 17.2 Å². The molecule has 2 saturated heterocycles. The monoisotopic (exact) mass is 435 g/mol. The van der Waals surface area contributed by atoms with Crippen LogP contribution in [0.4, 0.5) is 11.4 Å². The van der Waals surface area contributed by atoms with Crippen LogP contribution in [-0.2, 0) is 0 Å². The van der Waals surface area contributed by atoms with Gasteiger partial charge in [0.15, 0.2) is 0 Å². The van der Waals surface area contributed by atoms with Gasteiger partial charge < -0.3 is 20.2 Å². The standard InChI is InChI=1S/C26H33N3O3/c30-25(21-7-3-1-4-8-21)27-22-9-10-24(23(19-22)26(31)32)29-17-12-20(13-18-29)11-16-28-14-5-2-6-15-28/h1,3-4,7-10,19-20H,2,5-6,11-18H2,(H,27,30)(H,31,32). The molecule has 170 valence electrons. The molecule has 2 fully saturated rings. The zero-order chi connectivity index (χ0) is 22.3. The van der Waals surface area contributed by atoms with Gasteiger partial charge in [0.2, 0.25) is 0 Å². The molecule has 0 atom stereocenters. The summed E-state index contributed by atoms with van der Waals surface area (Å²) < 4.78 is 0. The summed E-state index contributed by atoms with van der Waals surface area (Å²) in [6.45, 7) is 5.43. The fourth-order valence-electron chi connectivity index (χ4n) is 4.86. The largest absolute Gasteiger partial charge is 0.478 e. The van der Waals surface area contributed by atoms with Crippen molar-refractivity contribution in [2.24, 2.45) is 5.92 Å². The van der Waals surface area contributed by atoms with E-state index in [1.165, 1.54) is 45.3 Å². The molecule has 32 heavy (non-hydrogen) atoms. The summed E-state index contributed by atoms with van der Waals surface area (Å²) in [5.74, 6) is -0.502. The number of carbonyl (C=O) groups is 2. The van der Waals surface area contributed by atoms with E-state index >= 15 is 0 Å². The van der Waals surface area contributed by atoms with Crippen LogP contribution >= 0.6 is 0 Å². The molecular formula is C26H33N3O3. The number of carbonyl (C=O) groups excluding carboxylic acids is 1. The lowest BCUT2D eigenvalue weighted by molar-refractivity contribution is 0.0697. The number of aromatic carboxylic acids is 1. The van der Waals surface area contributed by atoms with Crippen molar-refractivity contribution >= 4 is 23.3 Å². The maximum atomic E-state index is 12.4. The van der Waals surface area contributed by atoms with Crippen LogP contribution < -0.4 is 10.2 Å². The van der Waals surface area contributed by atoms with Gasteiger partial charge >= 0.3 is 5.97 Å². The summed E-state index contributed by atoms with van der Waals surface area (Å²) >= 11 is 0. The lowest BCUT2D eigenvalue weighted by Gasteiger charge is -2.35. The van der Waals surface area contributed by atoms with Crippen molar-refractivity contribution in [3.8, 4) is 0 Å². The van der Waals surface area contributed by atoms with Gasteiger partial charge in [0.25, 0.3) is 5.91 Å². The predicted molar refractivity (Wildman–Crippen MR) is 128 cm³/mol. The highest BCUT2D eigenvalue weighted by atomic mass is 16.4. The molecule has 2 aromatic rings. The Kier molecular flexibility index (Phi) is 7.43. The number of nitrogens with zero attached hydrogens (tertiary/aromatic N) is 2. The third-order valence-electron chi connectivity index (χ3n) is 6.78. The number of likely N-dealkylation sites (tertiary alicyclic amines) is 1. The van der Waals surface area contributed by atoms with Gasteiger partial charge in [-0.3, -0.25) is 4.79 Å². The molecule has 0 radical (unpaired) electrons. The van der Waals surface area contributed by atoms with Crippen LogP contribution in [-0.4, -0.2) is 54.6 Å². The van der Waals surface area contributed by atoms with Crippen molar-refractivity contribution in [2.75, 3.05) is 42.9 Å². The Morgan fingerprint density at radius 3 is 2.34 bits per heavy atom. The lowest BCUT2D eigenvalue weighted by atomic mass is 9.92. The van der Waals surface area contributed by atoms with Crippen molar-refractivity contribution in [3.63, 3.8) is 0 Å². The molecule has 2 heterocycles. The summed E-state index contributed by atoms with van der Waals surface area (Å²) in [4.78, 5) is 29.2. The summed E-state index contributed by atoms with van der Waals surface area (Å²) in [6, 6.07) is 14.1. The Labute approximate surface area is 190 Å². The molecule has 0 saturated carbocycles. The molecule has 0 bridgehead atoms. The second-order valence-corrected chi connectivity index (χ2v) is 8.98. The maximum absolute atomic E-state index is 12.4. The first-order chi connectivity index (χ1) is 15.6. The SMILES string of the molecule is O=C(Nc1ccc(N2CCC(CCN3CCCCC3)CC2)c(C(=O)O)c1)c1ccccc1. The van der Waals surface area contributed by atoms with Crippen molar-refractivity contribution in [1.82, 2.24) is 4.90 Å². The van der Waals surface area contributed by atoms with Gasteiger partial charge in [0.1, 0.15) is 0 Å². The zero-order valence-corrected chi connectivity index (χ0v) is 18.6. The Morgan fingerprint density at radius 1 is 0.938 bits per heavy atom. The third-order valence-corrected chi connectivity index (χ3v) is 6.78. The van der Waals surface area contributed by atoms with Gasteiger partial charge in [0, 0.05) is 24.3 Å². The predicted octanol–water partition coefficient (Wildman–Crippen LogP) is 4.73. The van der Waals surface area contributed by atoms with E-state index in [-0.39, 0.29) is 11.5 Å². The minimum absolute atomic E-state index is 0.239. The zero-order valence-electron chi connectivity index (χ0n) is 18.6. The maximum Gasteiger partial charge on any atom is 0.337 e. The third kappa shape index (κ3) is 5.68. The second kappa shape index (κ2) is 10.6. The molecule has 0 aliphatic carbocycles. The van der Waals surface area contributed by atoms with E-state index in [1.807, 2.05) is 12.1 Å². The molecule has 6 heteroatoms. The number of carboxylic acid groups (broad SMARTS) is 1. The number of benzene rings is 2. The van der Waals surface area contributed by atoms with Gasteiger partial charge in [-0.05, 0) is 88.0 Å². The molecule has 0 spiro atoms. The summed E-state index contributed by atoms with van der Waals surface area (Å²) in [5.41, 5.74) is 2.02. The molecular weight excluding hydrogens is 402 g/mol. The highest BCUT2D eigenvalue weighted by Crippen LogP contribution is 2.30. The summed E-state index contributed by atoms with van der Waals surface area (Å²) in [6.07, 6.45) is 7.47. The first-order valence-corrected chi connectivity index (χ1v) is 11.8. The molecule has 0 aromatic heterocycles. The van der Waals surface area contributed by atoms with Gasteiger partial charge in [0.05, 0.1) is 11.3 Å². The van der Waals surface area contributed by atoms with Gasteiger partial charge in [-0.2, -0.15) is 0 Å². The van der Waals surface area contributed by atoms with Crippen LogP contribution in [0.5, 0.6) is 0 Å². The van der Waals surface area contributed by atoms with Crippen molar-refractivity contribution in [1.29, 1.82) is 0 Å². The van der Waals surface area contributed by atoms with E-state index in [2.05, 4.69) is 15.1 Å². The molecule has 1 amide bonds. The van der Waals surface area contributed by atoms with E-state index in [0.717, 1.165) is 31.6 Å². The average Bonchev–Trinajstić information content (AvgIpc) is 2.84. The molecule has 4 rings (SSSR count). The van der Waals surface area contributed by atoms with Crippen LogP contribution in [0.3, 0.4) is 0 Å². The van der Waals surface area contributed by atoms with Crippen molar-refractivity contribution in [3.05, 3.63) is 59.7 Å². The molecule has 6 nitrogen and oxygen atoms in total. The minimum Gasteiger partial charge on any atom is -0.478 e. The fourth-order valence-corrected chi connectivity index (χ4v) is 4.86. The van der Waals surface area contributed by atoms with Crippen LogP contribution in [0.2, 0.25) is 0 Å². The number of anilines is 2. The molecule has 2 aromatic carbocycles. The highest BCUT2D eigenvalue weighted by Gasteiger charge is 2.24. The topological polar surface area (TPSA) is 72.9 Å². The van der Waals surface area contributed by atoms with E-state index in [9.17, 15) is 14.7 Å². The summed E-state index contributed by atoms with van der Waals surface area (Å²) in [5, 5.41) is 12.6. The number of hydrogen-bond acceptors (Lipinski definition) is 4. The van der Waals surface area contributed by atoms with E-state index in [1.54, 1.807) is 36.4 Å². The van der Waals surface area contributed by atoms with E-state index < -0.39 is 5.97 Å². The Morgan fingerprint density at radius 2 is 1.66 bits per heavy atom. The first-order valence-electron chi connectivity index (χ1n) is 11.8. The first kappa shape index (κ1) is 22.3. The molecule has 0 unspecified atom stereocenters. The van der Waals surface area contributed by atoms with Crippen LogP contribution in [0.1, 0.15) is 59.2 Å². The lowest BCUT2D eigenvalue weighted by Crippen LogP contribution is -2.37. The smallest absolute Gasteiger partial charge is 0.337 e. The fraction of sp³-hybridized carbons (Fsp3) is 0.462. The molecule has 2 aliphatic heterocycles.